The van der Waals surface area contributed by atoms with Gasteiger partial charge in [0, 0.05) is 11.3 Å². The van der Waals surface area contributed by atoms with E-state index in [1.54, 1.807) is 0 Å². The second-order valence-electron chi connectivity index (χ2n) is 5.15. The van der Waals surface area contributed by atoms with Crippen LogP contribution in [0.5, 0.6) is 0 Å². The van der Waals surface area contributed by atoms with Gasteiger partial charge in [0.25, 0.3) is 0 Å². The van der Waals surface area contributed by atoms with Gasteiger partial charge in [-0.25, -0.2) is 4.98 Å². The van der Waals surface area contributed by atoms with Gasteiger partial charge in [-0.05, 0) is 48.2 Å². The summed E-state index contributed by atoms with van der Waals surface area (Å²) < 4.78 is 0. The van der Waals surface area contributed by atoms with Crippen molar-refractivity contribution < 1.29 is 0 Å². The monoisotopic (exact) mass is 294 g/mol. The highest BCUT2D eigenvalue weighted by Gasteiger charge is 2.04. The highest BCUT2D eigenvalue weighted by molar-refractivity contribution is 5.71. The summed E-state index contributed by atoms with van der Waals surface area (Å²) in [6.45, 7) is 1.94. The minimum atomic E-state index is 0.625. The van der Waals surface area contributed by atoms with Crippen LogP contribution in [0, 0.1) is 30.1 Å². The molecule has 0 saturated heterocycles. The number of rotatable bonds is 1. The number of aromatic nitrogens is 1. The van der Waals surface area contributed by atoms with Gasteiger partial charge in [-0.1, -0.05) is 48.4 Å². The molecule has 0 spiro atoms. The van der Waals surface area contributed by atoms with Crippen molar-refractivity contribution in [2.24, 2.45) is 0 Å². The van der Waals surface area contributed by atoms with Crippen LogP contribution >= 0.6 is 0 Å². The summed E-state index contributed by atoms with van der Waals surface area (Å²) in [5.41, 5.74) is 5.06. The van der Waals surface area contributed by atoms with Crippen molar-refractivity contribution in [3.05, 3.63) is 89.2 Å². The van der Waals surface area contributed by atoms with E-state index in [4.69, 9.17) is 0 Å². The SMILES string of the molecule is Cc1cccc(C#Cc2ccc(-c3ccccc3)c(C#N)c2)n1. The molecule has 0 unspecified atom stereocenters. The quantitative estimate of drug-likeness (QED) is 0.626. The van der Waals surface area contributed by atoms with Crippen LogP contribution < -0.4 is 0 Å². The fourth-order valence-corrected chi connectivity index (χ4v) is 2.33. The Bertz CT molecular complexity index is 939. The first-order valence-corrected chi connectivity index (χ1v) is 7.31. The van der Waals surface area contributed by atoms with Gasteiger partial charge in [0.1, 0.15) is 5.69 Å². The Morgan fingerprint density at radius 1 is 0.870 bits per heavy atom. The lowest BCUT2D eigenvalue weighted by molar-refractivity contribution is 1.18. The molecule has 0 aliphatic heterocycles. The molecule has 0 amide bonds. The normalized spacial score (nSPS) is 9.57. The summed E-state index contributed by atoms with van der Waals surface area (Å²) in [7, 11) is 0. The van der Waals surface area contributed by atoms with Crippen LogP contribution in [0.25, 0.3) is 11.1 Å². The van der Waals surface area contributed by atoms with Crippen molar-refractivity contribution in [2.45, 2.75) is 6.92 Å². The van der Waals surface area contributed by atoms with Crippen molar-refractivity contribution in [2.75, 3.05) is 0 Å². The van der Waals surface area contributed by atoms with Crippen LogP contribution in [0.2, 0.25) is 0 Å². The first-order valence-electron chi connectivity index (χ1n) is 7.31. The highest BCUT2D eigenvalue weighted by Crippen LogP contribution is 2.23. The third-order valence-corrected chi connectivity index (χ3v) is 3.45. The summed E-state index contributed by atoms with van der Waals surface area (Å²) >= 11 is 0. The number of pyridine rings is 1. The molecule has 3 rings (SSSR count). The number of aryl methyl sites for hydroxylation is 1. The molecule has 0 N–H and O–H groups in total. The van der Waals surface area contributed by atoms with Crippen LogP contribution in [-0.2, 0) is 0 Å². The van der Waals surface area contributed by atoms with E-state index >= 15 is 0 Å². The largest absolute Gasteiger partial charge is 0.245 e. The van der Waals surface area contributed by atoms with Crippen molar-refractivity contribution in [1.29, 1.82) is 5.26 Å². The molecular formula is C21H14N2. The van der Waals surface area contributed by atoms with E-state index in [9.17, 15) is 5.26 Å². The van der Waals surface area contributed by atoms with Crippen LogP contribution in [0.3, 0.4) is 0 Å². The minimum Gasteiger partial charge on any atom is -0.245 e. The summed E-state index contributed by atoms with van der Waals surface area (Å²) in [5, 5.41) is 9.42. The Balaban J connectivity index is 1.96. The third-order valence-electron chi connectivity index (χ3n) is 3.45. The molecule has 1 heterocycles. The maximum atomic E-state index is 9.42. The van der Waals surface area contributed by atoms with Crippen LogP contribution in [0.15, 0.2) is 66.7 Å². The topological polar surface area (TPSA) is 36.7 Å². The number of hydrogen-bond acceptors (Lipinski definition) is 2. The zero-order valence-electron chi connectivity index (χ0n) is 12.7. The Hall–Kier alpha value is -3.36. The average Bonchev–Trinajstić information content (AvgIpc) is 2.60. The van der Waals surface area contributed by atoms with Crippen LogP contribution in [-0.4, -0.2) is 4.98 Å². The number of nitrogens with zero attached hydrogens (tertiary/aromatic N) is 2. The number of benzene rings is 2. The van der Waals surface area contributed by atoms with E-state index in [1.165, 1.54) is 0 Å². The van der Waals surface area contributed by atoms with E-state index in [-0.39, 0.29) is 0 Å². The maximum absolute atomic E-state index is 9.42. The van der Waals surface area contributed by atoms with Gasteiger partial charge in [-0.3, -0.25) is 0 Å². The summed E-state index contributed by atoms with van der Waals surface area (Å²) in [6.07, 6.45) is 0. The molecule has 23 heavy (non-hydrogen) atoms. The molecule has 1 aromatic heterocycles. The molecule has 2 heteroatoms. The van der Waals surface area contributed by atoms with Crippen molar-refractivity contribution in [3.63, 3.8) is 0 Å². The van der Waals surface area contributed by atoms with Gasteiger partial charge >= 0.3 is 0 Å². The Labute approximate surface area is 136 Å². The van der Waals surface area contributed by atoms with Gasteiger partial charge < -0.3 is 0 Å². The van der Waals surface area contributed by atoms with Crippen molar-refractivity contribution in [1.82, 2.24) is 4.98 Å². The molecule has 0 radical (unpaired) electrons. The molecule has 2 aromatic carbocycles. The predicted octanol–water partition coefficient (Wildman–Crippen LogP) is 4.33. The van der Waals surface area contributed by atoms with Gasteiger partial charge in [-0.2, -0.15) is 5.26 Å². The lowest BCUT2D eigenvalue weighted by atomic mass is 9.98. The number of nitriles is 1. The molecule has 0 saturated carbocycles. The fourth-order valence-electron chi connectivity index (χ4n) is 2.33. The lowest BCUT2D eigenvalue weighted by Crippen LogP contribution is -1.87. The summed E-state index contributed by atoms with van der Waals surface area (Å²) in [5.74, 6) is 6.12. The zero-order chi connectivity index (χ0) is 16.1. The standard InChI is InChI=1S/C21H14N2/c1-16-6-5-9-20(23-16)12-10-17-11-13-21(19(14-17)15-22)18-7-3-2-4-8-18/h2-9,11,13-14H,1H3. The molecule has 0 bridgehead atoms. The third kappa shape index (κ3) is 3.46. The van der Waals surface area contributed by atoms with Gasteiger partial charge in [-0.15, -0.1) is 0 Å². The van der Waals surface area contributed by atoms with Gasteiger partial charge in [0.05, 0.1) is 11.6 Å². The van der Waals surface area contributed by atoms with Crippen LogP contribution in [0.4, 0.5) is 0 Å². The molecule has 0 aliphatic rings. The van der Waals surface area contributed by atoms with Gasteiger partial charge in [0.2, 0.25) is 0 Å². The molecule has 108 valence electrons. The molecule has 3 aromatic rings. The van der Waals surface area contributed by atoms with Crippen molar-refractivity contribution in [3.8, 4) is 29.0 Å². The maximum Gasteiger partial charge on any atom is 0.113 e. The second kappa shape index (κ2) is 6.60. The Kier molecular flexibility index (Phi) is 4.18. The van der Waals surface area contributed by atoms with E-state index in [0.29, 0.717) is 5.56 Å². The van der Waals surface area contributed by atoms with Crippen molar-refractivity contribution >= 4 is 0 Å². The van der Waals surface area contributed by atoms with Crippen LogP contribution in [0.1, 0.15) is 22.5 Å². The molecule has 0 atom stereocenters. The summed E-state index contributed by atoms with van der Waals surface area (Å²) in [6, 6.07) is 23.6. The minimum absolute atomic E-state index is 0.625. The Morgan fingerprint density at radius 3 is 2.43 bits per heavy atom. The second-order valence-corrected chi connectivity index (χ2v) is 5.15. The first-order chi connectivity index (χ1) is 11.3. The lowest BCUT2D eigenvalue weighted by Gasteiger charge is -2.04. The van der Waals surface area contributed by atoms with Gasteiger partial charge in [0.15, 0.2) is 0 Å². The number of hydrogen-bond donors (Lipinski definition) is 0. The zero-order valence-corrected chi connectivity index (χ0v) is 12.7. The Morgan fingerprint density at radius 2 is 1.70 bits per heavy atom. The van der Waals surface area contributed by atoms with E-state index in [2.05, 4.69) is 22.9 Å². The molecule has 0 aliphatic carbocycles. The fraction of sp³-hybridized carbons (Fsp3) is 0.0476. The van der Waals surface area contributed by atoms with E-state index in [0.717, 1.165) is 28.1 Å². The smallest absolute Gasteiger partial charge is 0.113 e. The molecule has 0 fully saturated rings. The summed E-state index contributed by atoms with van der Waals surface area (Å²) in [4.78, 5) is 4.36. The average molecular weight is 294 g/mol. The van der Waals surface area contributed by atoms with E-state index < -0.39 is 0 Å². The predicted molar refractivity (Wildman–Crippen MR) is 91.5 cm³/mol. The molecule has 2 nitrogen and oxygen atoms in total. The first kappa shape index (κ1) is 14.6. The van der Waals surface area contributed by atoms with E-state index in [1.807, 2.05) is 73.7 Å². The highest BCUT2D eigenvalue weighted by atomic mass is 14.7. The molecular weight excluding hydrogens is 280 g/mol.